The molecule has 0 saturated carbocycles. The van der Waals surface area contributed by atoms with Crippen molar-refractivity contribution in [1.82, 2.24) is 10.2 Å². The van der Waals surface area contributed by atoms with E-state index in [9.17, 15) is 4.79 Å². The van der Waals surface area contributed by atoms with E-state index >= 15 is 0 Å². The number of aryl methyl sites for hydroxylation is 1. The lowest BCUT2D eigenvalue weighted by molar-refractivity contribution is -0.115. The van der Waals surface area contributed by atoms with Crippen LogP contribution in [0.1, 0.15) is 11.9 Å². The van der Waals surface area contributed by atoms with Gasteiger partial charge in [0.1, 0.15) is 5.01 Å². The molecule has 0 aliphatic heterocycles. The van der Waals surface area contributed by atoms with Crippen molar-refractivity contribution in [3.8, 4) is 0 Å². The summed E-state index contributed by atoms with van der Waals surface area (Å²) < 4.78 is 0.822. The van der Waals surface area contributed by atoms with Crippen LogP contribution >= 0.6 is 23.1 Å². The SMILES string of the molecule is Cc1nnc(S[C@@H](C)C(=O)Nc2ccccc2)s1. The number of benzene rings is 1. The fourth-order valence-corrected chi connectivity index (χ4v) is 3.26. The molecule has 2 rings (SSSR count). The minimum absolute atomic E-state index is 0.0287. The summed E-state index contributed by atoms with van der Waals surface area (Å²) >= 11 is 2.93. The van der Waals surface area contributed by atoms with E-state index in [1.807, 2.05) is 44.2 Å². The maximum atomic E-state index is 11.9. The zero-order valence-corrected chi connectivity index (χ0v) is 11.7. The number of anilines is 1. The van der Waals surface area contributed by atoms with Crippen LogP contribution in [0.3, 0.4) is 0 Å². The predicted octanol–water partition coefficient (Wildman–Crippen LogP) is 2.97. The lowest BCUT2D eigenvalue weighted by Crippen LogP contribution is -2.22. The molecule has 1 amide bonds. The average molecular weight is 279 g/mol. The number of hydrogen-bond donors (Lipinski definition) is 1. The van der Waals surface area contributed by atoms with Crippen molar-refractivity contribution in [2.24, 2.45) is 0 Å². The van der Waals surface area contributed by atoms with Crippen molar-refractivity contribution in [3.05, 3.63) is 35.3 Å². The Kier molecular flexibility index (Phi) is 4.33. The summed E-state index contributed by atoms with van der Waals surface area (Å²) in [4.78, 5) is 11.9. The molecule has 1 N–H and O–H groups in total. The minimum Gasteiger partial charge on any atom is -0.325 e. The topological polar surface area (TPSA) is 54.9 Å². The maximum Gasteiger partial charge on any atom is 0.237 e. The van der Waals surface area contributed by atoms with Crippen molar-refractivity contribution in [3.63, 3.8) is 0 Å². The molecule has 1 aromatic carbocycles. The zero-order chi connectivity index (χ0) is 13.0. The van der Waals surface area contributed by atoms with Gasteiger partial charge in [0.15, 0.2) is 4.34 Å². The number of hydrogen-bond acceptors (Lipinski definition) is 5. The molecule has 0 radical (unpaired) electrons. The smallest absolute Gasteiger partial charge is 0.237 e. The summed E-state index contributed by atoms with van der Waals surface area (Å²) in [6, 6.07) is 9.43. The summed E-state index contributed by atoms with van der Waals surface area (Å²) in [6.07, 6.45) is 0. The average Bonchev–Trinajstić information content (AvgIpc) is 2.76. The first kappa shape index (κ1) is 13.0. The molecule has 0 bridgehead atoms. The molecule has 0 saturated heterocycles. The lowest BCUT2D eigenvalue weighted by atomic mass is 10.3. The van der Waals surface area contributed by atoms with E-state index in [0.29, 0.717) is 0 Å². The number of aromatic nitrogens is 2. The van der Waals surface area contributed by atoms with Crippen molar-refractivity contribution >= 4 is 34.7 Å². The van der Waals surface area contributed by atoms with Crippen LogP contribution in [0, 0.1) is 6.92 Å². The van der Waals surface area contributed by atoms with Crippen molar-refractivity contribution in [2.75, 3.05) is 5.32 Å². The van der Waals surface area contributed by atoms with Crippen LogP contribution in [0.5, 0.6) is 0 Å². The summed E-state index contributed by atoms with van der Waals surface area (Å²) in [7, 11) is 0. The largest absolute Gasteiger partial charge is 0.325 e. The Labute approximate surface area is 114 Å². The molecule has 0 spiro atoms. The van der Waals surface area contributed by atoms with Crippen LogP contribution in [0.2, 0.25) is 0 Å². The second-order valence-corrected chi connectivity index (χ2v) is 6.47. The van der Waals surface area contributed by atoms with Gasteiger partial charge >= 0.3 is 0 Å². The molecule has 1 atom stereocenters. The normalized spacial score (nSPS) is 12.1. The number of para-hydroxylation sites is 1. The highest BCUT2D eigenvalue weighted by atomic mass is 32.2. The first-order valence-electron chi connectivity index (χ1n) is 5.48. The molecule has 0 unspecified atom stereocenters. The monoisotopic (exact) mass is 279 g/mol. The van der Waals surface area contributed by atoms with Gasteiger partial charge < -0.3 is 5.32 Å². The van der Waals surface area contributed by atoms with Gasteiger partial charge in [0.05, 0.1) is 5.25 Å². The molecule has 1 aromatic heterocycles. The molecule has 6 heteroatoms. The van der Waals surface area contributed by atoms with Gasteiger partial charge in [0.25, 0.3) is 0 Å². The molecule has 18 heavy (non-hydrogen) atoms. The first-order valence-corrected chi connectivity index (χ1v) is 7.17. The number of carbonyl (C=O) groups excluding carboxylic acids is 1. The standard InChI is InChI=1S/C12H13N3OS2/c1-8(17-12-15-14-9(2)18-12)11(16)13-10-6-4-3-5-7-10/h3-8H,1-2H3,(H,13,16)/t8-/m0/s1. The van der Waals surface area contributed by atoms with E-state index in [0.717, 1.165) is 15.0 Å². The van der Waals surface area contributed by atoms with E-state index < -0.39 is 0 Å². The van der Waals surface area contributed by atoms with E-state index in [1.54, 1.807) is 0 Å². The Morgan fingerprint density at radius 3 is 2.67 bits per heavy atom. The van der Waals surface area contributed by atoms with Gasteiger partial charge in [0.2, 0.25) is 5.91 Å². The third-order valence-corrected chi connectivity index (χ3v) is 4.22. The Morgan fingerprint density at radius 2 is 2.06 bits per heavy atom. The van der Waals surface area contributed by atoms with Gasteiger partial charge in [-0.3, -0.25) is 4.79 Å². The van der Waals surface area contributed by atoms with Crippen LogP contribution in [0.4, 0.5) is 5.69 Å². The van der Waals surface area contributed by atoms with Crippen LogP contribution in [-0.2, 0) is 4.79 Å². The Balaban J connectivity index is 1.93. The summed E-state index contributed by atoms with van der Waals surface area (Å²) in [5, 5.41) is 11.5. The van der Waals surface area contributed by atoms with Gasteiger partial charge in [-0.2, -0.15) is 0 Å². The Hall–Kier alpha value is -1.40. The summed E-state index contributed by atoms with van der Waals surface area (Å²) in [6.45, 7) is 3.76. The van der Waals surface area contributed by atoms with E-state index in [1.165, 1.54) is 23.1 Å². The third-order valence-electron chi connectivity index (χ3n) is 2.20. The molecule has 0 aliphatic carbocycles. The fraction of sp³-hybridized carbons (Fsp3) is 0.250. The minimum atomic E-state index is -0.197. The number of nitrogens with zero attached hydrogens (tertiary/aromatic N) is 2. The molecule has 1 heterocycles. The second kappa shape index (κ2) is 5.97. The summed E-state index contributed by atoms with van der Waals surface area (Å²) in [5.41, 5.74) is 0.809. The van der Waals surface area contributed by atoms with Gasteiger partial charge in [0, 0.05) is 5.69 Å². The Morgan fingerprint density at radius 1 is 1.33 bits per heavy atom. The molecular formula is C12H13N3OS2. The number of nitrogens with one attached hydrogen (secondary N) is 1. The molecule has 4 nitrogen and oxygen atoms in total. The van der Waals surface area contributed by atoms with Crippen LogP contribution < -0.4 is 5.32 Å². The fourth-order valence-electron chi connectivity index (χ4n) is 1.30. The molecule has 2 aromatic rings. The highest BCUT2D eigenvalue weighted by Crippen LogP contribution is 2.26. The highest BCUT2D eigenvalue weighted by Gasteiger charge is 2.16. The van der Waals surface area contributed by atoms with Crippen LogP contribution in [0.25, 0.3) is 0 Å². The van der Waals surface area contributed by atoms with E-state index in [-0.39, 0.29) is 11.2 Å². The highest BCUT2D eigenvalue weighted by molar-refractivity contribution is 8.02. The quantitative estimate of drug-likeness (QED) is 0.874. The number of thioether (sulfide) groups is 1. The van der Waals surface area contributed by atoms with Crippen LogP contribution in [0.15, 0.2) is 34.7 Å². The third kappa shape index (κ3) is 3.54. The number of amides is 1. The van der Waals surface area contributed by atoms with Crippen molar-refractivity contribution in [2.45, 2.75) is 23.4 Å². The molecule has 94 valence electrons. The number of carbonyl (C=O) groups is 1. The van der Waals surface area contributed by atoms with Gasteiger partial charge in [-0.25, -0.2) is 0 Å². The maximum absolute atomic E-state index is 11.9. The van der Waals surface area contributed by atoms with E-state index in [4.69, 9.17) is 0 Å². The molecule has 0 fully saturated rings. The lowest BCUT2D eigenvalue weighted by Gasteiger charge is -2.09. The van der Waals surface area contributed by atoms with Crippen molar-refractivity contribution < 1.29 is 4.79 Å². The molecular weight excluding hydrogens is 266 g/mol. The first-order chi connectivity index (χ1) is 8.65. The van der Waals surface area contributed by atoms with E-state index in [2.05, 4.69) is 15.5 Å². The van der Waals surface area contributed by atoms with Gasteiger partial charge in [-0.1, -0.05) is 41.3 Å². The Bertz CT molecular complexity index is 527. The second-order valence-electron chi connectivity index (χ2n) is 3.70. The zero-order valence-electron chi connectivity index (χ0n) is 10.1. The molecule has 0 aliphatic rings. The predicted molar refractivity (Wildman–Crippen MR) is 75.0 cm³/mol. The number of rotatable bonds is 4. The van der Waals surface area contributed by atoms with Crippen LogP contribution in [-0.4, -0.2) is 21.4 Å². The van der Waals surface area contributed by atoms with Gasteiger partial charge in [-0.15, -0.1) is 10.2 Å². The van der Waals surface area contributed by atoms with Gasteiger partial charge in [-0.05, 0) is 26.0 Å². The summed E-state index contributed by atoms with van der Waals surface area (Å²) in [5.74, 6) is -0.0287. The van der Waals surface area contributed by atoms with Crippen molar-refractivity contribution in [1.29, 1.82) is 0 Å².